The normalized spacial score (nSPS) is 21.8. The van der Waals surface area contributed by atoms with Crippen LogP contribution in [0.2, 0.25) is 0 Å². The van der Waals surface area contributed by atoms with Crippen LogP contribution in [0.3, 0.4) is 0 Å². The Morgan fingerprint density at radius 1 is 1.44 bits per heavy atom. The molecule has 0 aromatic heterocycles. The summed E-state index contributed by atoms with van der Waals surface area (Å²) in [6, 6.07) is 5.03. The maximum Gasteiger partial charge on any atom is 0.257 e. The van der Waals surface area contributed by atoms with Gasteiger partial charge >= 0.3 is 0 Å². The first-order chi connectivity index (χ1) is 8.59. The van der Waals surface area contributed by atoms with Crippen LogP contribution in [0.4, 0.5) is 5.69 Å². The highest BCUT2D eigenvalue weighted by atomic mass is 16.2. The fraction of sp³-hybridized carbons (Fsp3) is 0.385. The zero-order valence-electron chi connectivity index (χ0n) is 10.2. The highest BCUT2D eigenvalue weighted by molar-refractivity contribution is 6.04. The van der Waals surface area contributed by atoms with Gasteiger partial charge in [0.2, 0.25) is 5.91 Å². The zero-order valence-corrected chi connectivity index (χ0v) is 10.2. The van der Waals surface area contributed by atoms with Gasteiger partial charge in [0.15, 0.2) is 0 Å². The standard InChI is InChI=1S/C13H15N3O2/c1-15-10-7-8(12(14)17)4-5-9(10)13(18)16-6-2-3-11(15)16/h4-5,7,11H,2-3,6H2,1H3,(H2,14,17)/t11-/m1/s1. The van der Waals surface area contributed by atoms with Gasteiger partial charge in [0, 0.05) is 19.2 Å². The lowest BCUT2D eigenvalue weighted by molar-refractivity contribution is 0.0719. The summed E-state index contributed by atoms with van der Waals surface area (Å²) in [4.78, 5) is 27.5. The average Bonchev–Trinajstić information content (AvgIpc) is 2.84. The first-order valence-electron chi connectivity index (χ1n) is 6.07. The Bertz CT molecular complexity index is 541. The maximum atomic E-state index is 12.3. The van der Waals surface area contributed by atoms with Crippen molar-refractivity contribution in [1.82, 2.24) is 4.90 Å². The summed E-state index contributed by atoms with van der Waals surface area (Å²) in [6.45, 7) is 0.810. The summed E-state index contributed by atoms with van der Waals surface area (Å²) in [7, 11) is 1.96. The van der Waals surface area contributed by atoms with Gasteiger partial charge in [-0.25, -0.2) is 0 Å². The van der Waals surface area contributed by atoms with Gasteiger partial charge in [0.1, 0.15) is 6.17 Å². The Kier molecular flexibility index (Phi) is 2.29. The number of rotatable bonds is 1. The molecule has 0 spiro atoms. The van der Waals surface area contributed by atoms with Crippen molar-refractivity contribution >= 4 is 17.5 Å². The Morgan fingerprint density at radius 3 is 2.94 bits per heavy atom. The molecule has 1 saturated heterocycles. The zero-order chi connectivity index (χ0) is 12.9. The van der Waals surface area contributed by atoms with E-state index in [9.17, 15) is 9.59 Å². The number of hydrogen-bond donors (Lipinski definition) is 1. The second-order valence-electron chi connectivity index (χ2n) is 4.83. The smallest absolute Gasteiger partial charge is 0.257 e. The number of fused-ring (bicyclic) bond motifs is 2. The highest BCUT2D eigenvalue weighted by Gasteiger charge is 2.38. The number of carbonyl (C=O) groups is 2. The lowest BCUT2D eigenvalue weighted by atomic mass is 10.0. The molecule has 0 radical (unpaired) electrons. The van der Waals surface area contributed by atoms with Crippen molar-refractivity contribution in [2.75, 3.05) is 18.5 Å². The monoisotopic (exact) mass is 245 g/mol. The molecule has 18 heavy (non-hydrogen) atoms. The minimum Gasteiger partial charge on any atom is -0.366 e. The molecule has 1 aromatic carbocycles. The molecule has 0 unspecified atom stereocenters. The summed E-state index contributed by atoms with van der Waals surface area (Å²) >= 11 is 0. The van der Waals surface area contributed by atoms with Gasteiger partial charge < -0.3 is 15.5 Å². The molecule has 2 aliphatic heterocycles. The molecular weight excluding hydrogens is 230 g/mol. The van der Waals surface area contributed by atoms with Crippen molar-refractivity contribution < 1.29 is 9.59 Å². The molecule has 3 rings (SSSR count). The van der Waals surface area contributed by atoms with Gasteiger partial charge in [-0.05, 0) is 31.0 Å². The Hall–Kier alpha value is -2.04. The van der Waals surface area contributed by atoms with E-state index in [-0.39, 0.29) is 12.1 Å². The topological polar surface area (TPSA) is 66.6 Å². The third-order valence-electron chi connectivity index (χ3n) is 3.82. The van der Waals surface area contributed by atoms with Crippen LogP contribution in [-0.4, -0.2) is 36.5 Å². The van der Waals surface area contributed by atoms with E-state index in [1.165, 1.54) is 0 Å². The number of anilines is 1. The maximum absolute atomic E-state index is 12.3. The summed E-state index contributed by atoms with van der Waals surface area (Å²) in [5.74, 6) is -0.408. The van der Waals surface area contributed by atoms with Crippen LogP contribution in [0.15, 0.2) is 18.2 Å². The van der Waals surface area contributed by atoms with Crippen LogP contribution in [0, 0.1) is 0 Å². The van der Waals surface area contributed by atoms with Crippen molar-refractivity contribution in [3.05, 3.63) is 29.3 Å². The number of benzene rings is 1. The van der Waals surface area contributed by atoms with E-state index in [1.54, 1.807) is 18.2 Å². The second-order valence-corrected chi connectivity index (χ2v) is 4.83. The Balaban J connectivity index is 2.12. The number of primary amides is 1. The number of carbonyl (C=O) groups excluding carboxylic acids is 2. The third-order valence-corrected chi connectivity index (χ3v) is 3.82. The third kappa shape index (κ3) is 1.40. The molecule has 0 saturated carbocycles. The first-order valence-corrected chi connectivity index (χ1v) is 6.07. The van der Waals surface area contributed by atoms with Gasteiger partial charge in [-0.3, -0.25) is 9.59 Å². The molecule has 1 aromatic rings. The van der Waals surface area contributed by atoms with Crippen molar-refractivity contribution in [1.29, 1.82) is 0 Å². The summed E-state index contributed by atoms with van der Waals surface area (Å²) in [5, 5.41) is 0. The summed E-state index contributed by atoms with van der Waals surface area (Å²) < 4.78 is 0. The number of nitrogens with two attached hydrogens (primary N) is 1. The largest absolute Gasteiger partial charge is 0.366 e. The predicted molar refractivity (Wildman–Crippen MR) is 67.4 cm³/mol. The summed E-state index contributed by atoms with van der Waals surface area (Å²) in [6.07, 6.45) is 2.12. The van der Waals surface area contributed by atoms with Crippen LogP contribution in [0.1, 0.15) is 33.6 Å². The van der Waals surface area contributed by atoms with E-state index < -0.39 is 5.91 Å². The molecule has 0 aliphatic carbocycles. The van der Waals surface area contributed by atoms with Crippen LogP contribution >= 0.6 is 0 Å². The van der Waals surface area contributed by atoms with Gasteiger partial charge in [-0.1, -0.05) is 0 Å². The first kappa shape index (κ1) is 11.1. The number of amides is 2. The van der Waals surface area contributed by atoms with E-state index >= 15 is 0 Å². The van der Waals surface area contributed by atoms with E-state index in [2.05, 4.69) is 4.90 Å². The van der Waals surface area contributed by atoms with Gasteiger partial charge in [-0.15, -0.1) is 0 Å². The number of nitrogens with zero attached hydrogens (tertiary/aromatic N) is 2. The molecule has 5 nitrogen and oxygen atoms in total. The molecule has 1 fully saturated rings. The fourth-order valence-electron chi connectivity index (χ4n) is 2.86. The van der Waals surface area contributed by atoms with E-state index in [0.717, 1.165) is 25.1 Å². The van der Waals surface area contributed by atoms with E-state index in [0.29, 0.717) is 11.1 Å². The van der Waals surface area contributed by atoms with E-state index in [4.69, 9.17) is 5.73 Å². The van der Waals surface area contributed by atoms with Crippen LogP contribution < -0.4 is 10.6 Å². The molecule has 2 heterocycles. The van der Waals surface area contributed by atoms with Crippen molar-refractivity contribution in [3.63, 3.8) is 0 Å². The Labute approximate surface area is 105 Å². The molecule has 1 atom stereocenters. The number of hydrogen-bond acceptors (Lipinski definition) is 3. The molecular formula is C13H15N3O2. The lowest BCUT2D eigenvalue weighted by Crippen LogP contribution is -2.50. The van der Waals surface area contributed by atoms with Crippen molar-refractivity contribution in [3.8, 4) is 0 Å². The van der Waals surface area contributed by atoms with Crippen molar-refractivity contribution in [2.24, 2.45) is 5.73 Å². The molecule has 5 heteroatoms. The van der Waals surface area contributed by atoms with Gasteiger partial charge in [0.05, 0.1) is 11.3 Å². The molecule has 2 amide bonds. The van der Waals surface area contributed by atoms with Crippen LogP contribution in [-0.2, 0) is 0 Å². The van der Waals surface area contributed by atoms with Crippen molar-refractivity contribution in [2.45, 2.75) is 19.0 Å². The predicted octanol–water partition coefficient (Wildman–Crippen LogP) is 0.797. The minimum atomic E-state index is -0.465. The average molecular weight is 245 g/mol. The molecule has 94 valence electrons. The minimum absolute atomic E-state index is 0.0571. The second kappa shape index (κ2) is 3.73. The molecule has 2 N–H and O–H groups in total. The lowest BCUT2D eigenvalue weighted by Gasteiger charge is -2.40. The molecule has 2 aliphatic rings. The van der Waals surface area contributed by atoms with Crippen LogP contribution in [0.5, 0.6) is 0 Å². The summed E-state index contributed by atoms with van der Waals surface area (Å²) in [5.41, 5.74) is 7.18. The Morgan fingerprint density at radius 2 is 2.22 bits per heavy atom. The molecule has 0 bridgehead atoms. The fourth-order valence-corrected chi connectivity index (χ4v) is 2.86. The van der Waals surface area contributed by atoms with Gasteiger partial charge in [-0.2, -0.15) is 0 Å². The quantitative estimate of drug-likeness (QED) is 0.795. The van der Waals surface area contributed by atoms with Crippen LogP contribution in [0.25, 0.3) is 0 Å². The van der Waals surface area contributed by atoms with Gasteiger partial charge in [0.25, 0.3) is 5.91 Å². The van der Waals surface area contributed by atoms with E-state index in [1.807, 2.05) is 11.9 Å². The highest BCUT2D eigenvalue weighted by Crippen LogP contribution is 2.35. The SMILES string of the molecule is CN1c2cc(C(N)=O)ccc2C(=O)N2CCC[C@@H]21.